The van der Waals surface area contributed by atoms with Crippen molar-refractivity contribution in [3.8, 4) is 0 Å². The first-order chi connectivity index (χ1) is 27.3. The topological polar surface area (TPSA) is 66.8 Å². The molecular weight excluding hydrogens is 721 g/mol. The highest BCUT2D eigenvalue weighted by atomic mass is 16.5. The highest BCUT2D eigenvalue weighted by molar-refractivity contribution is 5.69. The average Bonchev–Trinajstić information content (AvgIpc) is 3.57. The molecule has 318 valence electrons. The summed E-state index contributed by atoms with van der Waals surface area (Å²) in [7, 11) is 8.16. The van der Waals surface area contributed by atoms with Crippen LogP contribution in [0.4, 0.5) is 11.4 Å². The molecule has 58 heavy (non-hydrogen) atoms. The first-order valence-corrected chi connectivity index (χ1v) is 22.7. The van der Waals surface area contributed by atoms with Gasteiger partial charge in [0.1, 0.15) is 18.9 Å². The highest BCUT2D eigenvalue weighted by Gasteiger charge is 2.71. The van der Waals surface area contributed by atoms with Crippen LogP contribution in [0.1, 0.15) is 119 Å². The van der Waals surface area contributed by atoms with E-state index in [1.165, 1.54) is 37.7 Å². The number of esters is 2. The number of carbonyl (C=O) groups is 2. The molecule has 0 aliphatic heterocycles. The fourth-order valence-corrected chi connectivity index (χ4v) is 14.5. The molecule has 8 nitrogen and oxygen atoms in total. The van der Waals surface area contributed by atoms with Gasteiger partial charge in [-0.15, -0.1) is 0 Å². The summed E-state index contributed by atoms with van der Waals surface area (Å²) in [6.07, 6.45) is 20.5. The average molecular weight is 797 g/mol. The van der Waals surface area contributed by atoms with Crippen molar-refractivity contribution in [1.29, 1.82) is 0 Å². The van der Waals surface area contributed by atoms with Gasteiger partial charge in [-0.25, -0.2) is 9.13 Å². The van der Waals surface area contributed by atoms with Crippen LogP contribution in [0.2, 0.25) is 0 Å². The second kappa shape index (κ2) is 15.9. The van der Waals surface area contributed by atoms with Crippen LogP contribution >= 0.6 is 0 Å². The van der Waals surface area contributed by atoms with E-state index in [0.717, 1.165) is 43.5 Å². The summed E-state index contributed by atoms with van der Waals surface area (Å²) in [5, 5.41) is 0. The van der Waals surface area contributed by atoms with Crippen molar-refractivity contribution in [1.82, 2.24) is 0 Å². The summed E-state index contributed by atoms with van der Waals surface area (Å²) in [6.45, 7) is 21.5. The number of carbonyl (C=O) groups excluding carboxylic acids is 2. The molecule has 0 N–H and O–H groups in total. The first kappa shape index (κ1) is 42.7. The molecule has 0 bridgehead atoms. The number of fused-ring (bicyclic) bond motifs is 7. The maximum atomic E-state index is 13.4. The number of rotatable bonds is 12. The normalized spacial score (nSPS) is 36.0. The van der Waals surface area contributed by atoms with E-state index in [1.54, 1.807) is 0 Å². The zero-order valence-corrected chi connectivity index (χ0v) is 37.8. The van der Waals surface area contributed by atoms with Gasteiger partial charge in [-0.2, -0.15) is 0 Å². The Morgan fingerprint density at radius 3 is 1.86 bits per heavy atom. The van der Waals surface area contributed by atoms with Crippen LogP contribution in [0.25, 0.3) is 0 Å². The van der Waals surface area contributed by atoms with Crippen LogP contribution in [-0.4, -0.2) is 52.8 Å². The molecule has 0 amide bonds. The Morgan fingerprint density at radius 2 is 1.29 bits per heavy atom. The maximum Gasteiger partial charge on any atom is 0.312 e. The van der Waals surface area contributed by atoms with E-state index < -0.39 is 0 Å². The molecule has 0 aromatic carbocycles. The highest BCUT2D eigenvalue weighted by Crippen LogP contribution is 2.77. The minimum absolute atomic E-state index is 0.0341. The maximum absolute atomic E-state index is 13.4. The minimum atomic E-state index is -0.0848. The monoisotopic (exact) mass is 797 g/mol. The molecule has 7 rings (SSSR count). The zero-order chi connectivity index (χ0) is 41.8. The van der Waals surface area contributed by atoms with Gasteiger partial charge < -0.3 is 19.3 Å². The van der Waals surface area contributed by atoms with Gasteiger partial charge in [0.05, 0.1) is 6.61 Å². The number of hydrogen-bond donors (Lipinski definition) is 0. The zero-order valence-electron chi connectivity index (χ0n) is 37.8. The number of ether oxygens (including phenoxy) is 2. The van der Waals surface area contributed by atoms with Crippen molar-refractivity contribution in [2.24, 2.45) is 56.7 Å². The van der Waals surface area contributed by atoms with Crippen LogP contribution in [0, 0.1) is 56.7 Å². The number of nitrogens with zero attached hydrogens (tertiary/aromatic N) is 4. The van der Waals surface area contributed by atoms with Gasteiger partial charge in [-0.1, -0.05) is 46.8 Å². The molecule has 8 heteroatoms. The molecule has 5 aliphatic rings. The number of aromatic nitrogens is 2. The van der Waals surface area contributed by atoms with Crippen molar-refractivity contribution in [2.45, 2.75) is 138 Å². The summed E-state index contributed by atoms with van der Waals surface area (Å²) in [4.78, 5) is 30.9. The van der Waals surface area contributed by atoms with E-state index in [4.69, 9.17) is 9.47 Å². The minimum Gasteiger partial charge on any atom is -0.465 e. The third-order valence-corrected chi connectivity index (χ3v) is 17.9. The van der Waals surface area contributed by atoms with Gasteiger partial charge in [0.25, 0.3) is 0 Å². The van der Waals surface area contributed by atoms with Gasteiger partial charge in [0.15, 0.2) is 37.9 Å². The SMILES string of the molecule is C=C(C)[C@@H]1CC[C@]2(COC(=O)CC[n+]3ccc(N(C)C)cc3)CC[C@]3(C)[C@H](CC[C@@H]4[C@@]5(C)CC[C@H](OC(=O)CC[n+]6ccc(N(C)C)cc6)C(C)(C)[C@@H]5CC[C@]43C)[C@@H]12. The van der Waals surface area contributed by atoms with Gasteiger partial charge >= 0.3 is 11.9 Å². The smallest absolute Gasteiger partial charge is 0.312 e. The van der Waals surface area contributed by atoms with E-state index >= 15 is 0 Å². The molecule has 5 aliphatic carbocycles. The van der Waals surface area contributed by atoms with Gasteiger partial charge in [0.2, 0.25) is 0 Å². The lowest BCUT2D eigenvalue weighted by Crippen LogP contribution is -2.67. The number of allylic oxidation sites excluding steroid dienone is 1. The van der Waals surface area contributed by atoms with Gasteiger partial charge in [0, 0.05) is 74.7 Å². The molecule has 2 aromatic heterocycles. The number of pyridine rings is 2. The van der Waals surface area contributed by atoms with E-state index in [9.17, 15) is 9.59 Å². The van der Waals surface area contributed by atoms with Crippen LogP contribution in [0.15, 0.2) is 61.2 Å². The second-order valence-electron chi connectivity index (χ2n) is 21.4. The Kier molecular flexibility index (Phi) is 11.7. The third-order valence-electron chi connectivity index (χ3n) is 17.9. The van der Waals surface area contributed by atoms with Crippen molar-refractivity contribution in [2.75, 3.05) is 44.6 Å². The van der Waals surface area contributed by atoms with Gasteiger partial charge in [-0.3, -0.25) is 9.59 Å². The third kappa shape index (κ3) is 7.39. The fourth-order valence-electron chi connectivity index (χ4n) is 14.5. The lowest BCUT2D eigenvalue weighted by molar-refractivity contribution is -0.696. The van der Waals surface area contributed by atoms with E-state index in [-0.39, 0.29) is 45.1 Å². The Bertz CT molecular complexity index is 1820. The predicted molar refractivity (Wildman–Crippen MR) is 231 cm³/mol. The summed E-state index contributed by atoms with van der Waals surface area (Å²) < 4.78 is 16.9. The van der Waals surface area contributed by atoms with Crippen molar-refractivity contribution in [3.63, 3.8) is 0 Å². The van der Waals surface area contributed by atoms with E-state index in [1.807, 2.05) is 53.0 Å². The largest absolute Gasteiger partial charge is 0.465 e. The molecule has 5 fully saturated rings. The fraction of sp³-hybridized carbons (Fsp3) is 0.720. The van der Waals surface area contributed by atoms with E-state index in [2.05, 4.69) is 91.3 Å². The molecule has 10 atom stereocenters. The first-order valence-electron chi connectivity index (χ1n) is 22.7. The number of aryl methyl sites for hydroxylation is 2. The predicted octanol–water partition coefficient (Wildman–Crippen LogP) is 8.99. The number of hydrogen-bond acceptors (Lipinski definition) is 6. The van der Waals surface area contributed by atoms with Gasteiger partial charge in [-0.05, 0) is 117 Å². The second-order valence-corrected chi connectivity index (χ2v) is 21.4. The van der Waals surface area contributed by atoms with Crippen molar-refractivity contribution >= 4 is 23.3 Å². The lowest BCUT2D eigenvalue weighted by atomic mass is 9.32. The summed E-state index contributed by atoms with van der Waals surface area (Å²) >= 11 is 0. The van der Waals surface area contributed by atoms with E-state index in [0.29, 0.717) is 62.1 Å². The molecule has 0 unspecified atom stereocenters. The Balaban J connectivity index is 1.02. The Labute approximate surface area is 350 Å². The molecular formula is C50H76N4O4+2. The molecule has 5 saturated carbocycles. The van der Waals surface area contributed by atoms with Crippen LogP contribution in [-0.2, 0) is 32.2 Å². The molecule has 2 heterocycles. The summed E-state index contributed by atoms with van der Waals surface area (Å²) in [5.41, 5.74) is 4.21. The molecule has 2 aromatic rings. The lowest BCUT2D eigenvalue weighted by Gasteiger charge is -2.73. The summed E-state index contributed by atoms with van der Waals surface area (Å²) in [6, 6.07) is 8.35. The molecule has 0 spiro atoms. The quantitative estimate of drug-likeness (QED) is 0.121. The van der Waals surface area contributed by atoms with Crippen molar-refractivity contribution in [3.05, 3.63) is 61.2 Å². The number of anilines is 2. The van der Waals surface area contributed by atoms with Crippen LogP contribution in [0.5, 0.6) is 0 Å². The molecule has 0 saturated heterocycles. The van der Waals surface area contributed by atoms with Crippen LogP contribution < -0.4 is 18.9 Å². The Morgan fingerprint density at radius 1 is 0.707 bits per heavy atom. The van der Waals surface area contributed by atoms with Crippen molar-refractivity contribution < 1.29 is 28.2 Å². The summed E-state index contributed by atoms with van der Waals surface area (Å²) in [5.74, 6) is 2.58. The standard InChI is InChI=1S/C50H76N4O4/c1-35(2)38-14-25-50(34-57-43(55)21-32-53-28-17-36(18-29-53)51(8)9)27-26-48(6)39(45(38)50)12-13-41-47(5)23-16-42(46(3,4)40(47)15-24-49(41,48)7)58-44(56)22-33-54-30-19-37(20-31-54)52(10)11/h17-20,28-31,38-42,45H,1,12-16,21-27,32-34H2,2-11H3/q+2/t38-,39+,40-,41+,42-,45+,47-,48+,49+,50+/m0/s1. The van der Waals surface area contributed by atoms with Crippen LogP contribution in [0.3, 0.4) is 0 Å². The molecule has 0 radical (unpaired) electrons. The Hall–Kier alpha value is -3.42.